The van der Waals surface area contributed by atoms with Crippen molar-refractivity contribution in [3.8, 4) is 0 Å². The summed E-state index contributed by atoms with van der Waals surface area (Å²) < 4.78 is 0. The van der Waals surface area contributed by atoms with Gasteiger partial charge in [-0.1, -0.05) is 24.3 Å². The van der Waals surface area contributed by atoms with Crippen LogP contribution in [0.15, 0.2) is 24.3 Å². The molecule has 2 N–H and O–H groups in total. The molecule has 0 aliphatic heterocycles. The second-order valence-corrected chi connectivity index (χ2v) is 5.02. The Hall–Kier alpha value is -1.84. The number of amides is 1. The molecule has 0 saturated carbocycles. The van der Waals surface area contributed by atoms with Gasteiger partial charge in [-0.15, -0.1) is 0 Å². The highest BCUT2D eigenvalue weighted by Gasteiger charge is 2.44. The number of rotatable bonds is 4. The van der Waals surface area contributed by atoms with E-state index in [2.05, 4.69) is 5.32 Å². The highest BCUT2D eigenvalue weighted by molar-refractivity contribution is 6.01. The van der Waals surface area contributed by atoms with Crippen molar-refractivity contribution < 1.29 is 14.7 Å². The van der Waals surface area contributed by atoms with Crippen LogP contribution in [0.1, 0.15) is 30.4 Å². The molecule has 0 heterocycles. The molecule has 0 fully saturated rings. The van der Waals surface area contributed by atoms with Crippen molar-refractivity contribution in [1.29, 1.82) is 0 Å². The molecule has 0 aromatic heterocycles. The fourth-order valence-corrected chi connectivity index (χ4v) is 2.59. The third-order valence-electron chi connectivity index (χ3n) is 3.82. The molecule has 2 atom stereocenters. The first kappa shape index (κ1) is 12.6. The van der Waals surface area contributed by atoms with Gasteiger partial charge < -0.3 is 10.4 Å². The quantitative estimate of drug-likeness (QED) is 0.793. The summed E-state index contributed by atoms with van der Waals surface area (Å²) in [5.41, 5.74) is 1.08. The molecule has 2 rings (SSSR count). The van der Waals surface area contributed by atoms with E-state index in [9.17, 15) is 14.7 Å². The Kier molecular flexibility index (Phi) is 3.11. The molecule has 1 aliphatic rings. The summed E-state index contributed by atoms with van der Waals surface area (Å²) in [6.45, 7) is 1.50. The van der Waals surface area contributed by atoms with Crippen LogP contribution in [-0.2, 0) is 16.0 Å². The average Bonchev–Trinajstić information content (AvgIpc) is 2.34. The first-order chi connectivity index (χ1) is 8.49. The Balaban J connectivity index is 2.18. The van der Waals surface area contributed by atoms with Gasteiger partial charge in [0.15, 0.2) is 0 Å². The van der Waals surface area contributed by atoms with Gasteiger partial charge in [0.1, 0.15) is 5.41 Å². The number of hydrogen-bond acceptors (Lipinski definition) is 2. The third kappa shape index (κ3) is 1.88. The maximum Gasteiger partial charge on any atom is 0.318 e. The standard InChI is InChI=1S/C14H17NO3/c1-14(13(17)18,12(16)15-2)8-10-7-9-5-3-4-6-11(9)10/h3-6,10H,7-8H2,1-2H3,(H,15,16)(H,17,18). The second-order valence-electron chi connectivity index (χ2n) is 5.02. The summed E-state index contributed by atoms with van der Waals surface area (Å²) in [7, 11) is 1.47. The van der Waals surface area contributed by atoms with Crippen molar-refractivity contribution in [3.05, 3.63) is 35.4 Å². The lowest BCUT2D eigenvalue weighted by Gasteiger charge is -2.35. The monoisotopic (exact) mass is 247 g/mol. The zero-order chi connectivity index (χ0) is 13.3. The molecule has 2 unspecified atom stereocenters. The number of fused-ring (bicyclic) bond motifs is 1. The van der Waals surface area contributed by atoms with Crippen LogP contribution in [0.5, 0.6) is 0 Å². The molecular formula is C14H17NO3. The first-order valence-corrected chi connectivity index (χ1v) is 6.02. The van der Waals surface area contributed by atoms with E-state index in [4.69, 9.17) is 0 Å². The predicted octanol–water partition coefficient (Wildman–Crippen LogP) is 1.55. The molecule has 1 aliphatic carbocycles. The minimum atomic E-state index is -1.35. The third-order valence-corrected chi connectivity index (χ3v) is 3.82. The lowest BCUT2D eigenvalue weighted by molar-refractivity contribution is -0.155. The Morgan fingerprint density at radius 3 is 2.67 bits per heavy atom. The van der Waals surface area contributed by atoms with E-state index in [1.54, 1.807) is 0 Å². The fraction of sp³-hybridized carbons (Fsp3) is 0.429. The van der Waals surface area contributed by atoms with Gasteiger partial charge in [-0.05, 0) is 36.8 Å². The summed E-state index contributed by atoms with van der Waals surface area (Å²) in [6, 6.07) is 7.98. The molecule has 0 radical (unpaired) electrons. The number of hydrogen-bond donors (Lipinski definition) is 2. The van der Waals surface area contributed by atoms with Gasteiger partial charge in [-0.2, -0.15) is 0 Å². The van der Waals surface area contributed by atoms with Gasteiger partial charge in [0.2, 0.25) is 5.91 Å². The largest absolute Gasteiger partial charge is 0.480 e. The smallest absolute Gasteiger partial charge is 0.318 e. The van der Waals surface area contributed by atoms with E-state index >= 15 is 0 Å². The van der Waals surface area contributed by atoms with E-state index in [-0.39, 0.29) is 5.92 Å². The normalized spacial score (nSPS) is 20.2. The molecule has 96 valence electrons. The number of carbonyl (C=O) groups excluding carboxylic acids is 1. The van der Waals surface area contributed by atoms with Crippen LogP contribution in [0.25, 0.3) is 0 Å². The van der Waals surface area contributed by atoms with E-state index in [1.165, 1.54) is 25.1 Å². The summed E-state index contributed by atoms with van der Waals surface area (Å²) in [4.78, 5) is 23.1. The molecule has 1 aromatic rings. The summed E-state index contributed by atoms with van der Waals surface area (Å²) in [6.07, 6.45) is 1.20. The maximum atomic E-state index is 11.8. The van der Waals surface area contributed by atoms with Crippen molar-refractivity contribution in [2.45, 2.75) is 25.7 Å². The molecule has 1 amide bonds. The van der Waals surface area contributed by atoms with E-state index in [0.717, 1.165) is 6.42 Å². The molecule has 1 aromatic carbocycles. The highest BCUT2D eigenvalue weighted by atomic mass is 16.4. The molecule has 4 nitrogen and oxygen atoms in total. The number of carbonyl (C=O) groups is 2. The zero-order valence-electron chi connectivity index (χ0n) is 10.6. The van der Waals surface area contributed by atoms with Gasteiger partial charge in [0, 0.05) is 7.05 Å². The Bertz CT molecular complexity index is 498. The van der Waals surface area contributed by atoms with Crippen LogP contribution in [0.3, 0.4) is 0 Å². The fourth-order valence-electron chi connectivity index (χ4n) is 2.59. The van der Waals surface area contributed by atoms with Crippen LogP contribution in [0.4, 0.5) is 0 Å². The lowest BCUT2D eigenvalue weighted by Crippen LogP contribution is -2.45. The number of aliphatic carboxylic acids is 1. The average molecular weight is 247 g/mol. The molecule has 0 spiro atoms. The summed E-state index contributed by atoms with van der Waals surface area (Å²) in [5.74, 6) is -1.33. The van der Waals surface area contributed by atoms with Crippen molar-refractivity contribution >= 4 is 11.9 Å². The number of nitrogens with one attached hydrogen (secondary N) is 1. The van der Waals surface area contributed by atoms with Gasteiger partial charge >= 0.3 is 5.97 Å². The van der Waals surface area contributed by atoms with Crippen LogP contribution >= 0.6 is 0 Å². The van der Waals surface area contributed by atoms with E-state index in [1.807, 2.05) is 24.3 Å². The number of carboxylic acids is 1. The van der Waals surface area contributed by atoms with E-state index < -0.39 is 17.3 Å². The Morgan fingerprint density at radius 2 is 2.11 bits per heavy atom. The van der Waals surface area contributed by atoms with Crippen LogP contribution in [0.2, 0.25) is 0 Å². The van der Waals surface area contributed by atoms with Gasteiger partial charge in [0.05, 0.1) is 0 Å². The van der Waals surface area contributed by atoms with Gasteiger partial charge in [-0.25, -0.2) is 0 Å². The maximum absolute atomic E-state index is 11.8. The molecule has 0 bridgehead atoms. The predicted molar refractivity (Wildman–Crippen MR) is 67.3 cm³/mol. The number of carboxylic acid groups (broad SMARTS) is 1. The minimum absolute atomic E-state index is 0.166. The lowest BCUT2D eigenvalue weighted by atomic mass is 9.68. The van der Waals surface area contributed by atoms with Crippen molar-refractivity contribution in [2.75, 3.05) is 7.05 Å². The zero-order valence-corrected chi connectivity index (χ0v) is 10.6. The van der Waals surface area contributed by atoms with Gasteiger partial charge in [-0.3, -0.25) is 9.59 Å². The Labute approximate surface area is 106 Å². The van der Waals surface area contributed by atoms with Gasteiger partial charge in [0.25, 0.3) is 0 Å². The topological polar surface area (TPSA) is 66.4 Å². The molecule has 4 heteroatoms. The van der Waals surface area contributed by atoms with Crippen LogP contribution in [0, 0.1) is 5.41 Å². The number of benzene rings is 1. The SMILES string of the molecule is CNC(=O)C(C)(CC1Cc2ccccc21)C(=O)O. The molecule has 18 heavy (non-hydrogen) atoms. The first-order valence-electron chi connectivity index (χ1n) is 6.02. The van der Waals surface area contributed by atoms with Crippen LogP contribution < -0.4 is 5.32 Å². The van der Waals surface area contributed by atoms with E-state index in [0.29, 0.717) is 6.42 Å². The van der Waals surface area contributed by atoms with Crippen molar-refractivity contribution in [1.82, 2.24) is 5.32 Å². The highest BCUT2D eigenvalue weighted by Crippen LogP contribution is 2.42. The van der Waals surface area contributed by atoms with Crippen LogP contribution in [-0.4, -0.2) is 24.0 Å². The summed E-state index contributed by atoms with van der Waals surface area (Å²) >= 11 is 0. The molecule has 0 saturated heterocycles. The van der Waals surface area contributed by atoms with Crippen molar-refractivity contribution in [3.63, 3.8) is 0 Å². The summed E-state index contributed by atoms with van der Waals surface area (Å²) in [5, 5.41) is 11.7. The second kappa shape index (κ2) is 4.44. The van der Waals surface area contributed by atoms with Crippen molar-refractivity contribution in [2.24, 2.45) is 5.41 Å². The molecular weight excluding hydrogens is 230 g/mol. The Morgan fingerprint density at radius 1 is 1.44 bits per heavy atom. The minimum Gasteiger partial charge on any atom is -0.480 e.